The summed E-state index contributed by atoms with van der Waals surface area (Å²) in [5.74, 6) is 0.415. The Bertz CT molecular complexity index is 190. The van der Waals surface area contributed by atoms with Crippen LogP contribution >= 0.6 is 0 Å². The monoisotopic (exact) mass is 199 g/mol. The minimum absolute atomic E-state index is 0.0944. The molecule has 0 radical (unpaired) electrons. The summed E-state index contributed by atoms with van der Waals surface area (Å²) in [6.07, 6.45) is 2.36. The standard InChI is InChI=1S/C11H21NO2/c1-11(2,3)10(13)14-8-9-5-4-6-12-7-9/h9,12H,4-8H2,1-3H3. The largest absolute Gasteiger partial charge is 0.465 e. The van der Waals surface area contributed by atoms with Crippen molar-refractivity contribution in [3.8, 4) is 0 Å². The zero-order valence-corrected chi connectivity index (χ0v) is 9.43. The molecule has 1 saturated heterocycles. The Balaban J connectivity index is 2.22. The molecule has 0 aliphatic carbocycles. The maximum atomic E-state index is 11.5. The molecule has 1 aliphatic rings. The molecule has 1 N–H and O–H groups in total. The van der Waals surface area contributed by atoms with Crippen LogP contribution in [0, 0.1) is 11.3 Å². The molecule has 3 nitrogen and oxygen atoms in total. The maximum absolute atomic E-state index is 11.5. The molecule has 1 fully saturated rings. The zero-order chi connectivity index (χ0) is 10.6. The Labute approximate surface area is 86.2 Å². The van der Waals surface area contributed by atoms with Crippen molar-refractivity contribution >= 4 is 5.97 Å². The number of carbonyl (C=O) groups is 1. The third-order valence-electron chi connectivity index (χ3n) is 2.46. The Morgan fingerprint density at radius 1 is 1.50 bits per heavy atom. The highest BCUT2D eigenvalue weighted by molar-refractivity contribution is 5.75. The molecule has 1 unspecified atom stereocenters. The van der Waals surface area contributed by atoms with Crippen LogP contribution in [-0.4, -0.2) is 25.7 Å². The van der Waals surface area contributed by atoms with Gasteiger partial charge in [-0.15, -0.1) is 0 Å². The number of hydrogen-bond acceptors (Lipinski definition) is 3. The van der Waals surface area contributed by atoms with Crippen molar-refractivity contribution in [2.45, 2.75) is 33.6 Å². The molecule has 1 aliphatic heterocycles. The highest BCUT2D eigenvalue weighted by Gasteiger charge is 2.24. The fraction of sp³-hybridized carbons (Fsp3) is 0.909. The molecule has 1 atom stereocenters. The van der Waals surface area contributed by atoms with Gasteiger partial charge in [-0.2, -0.15) is 0 Å². The van der Waals surface area contributed by atoms with Crippen molar-refractivity contribution in [3.63, 3.8) is 0 Å². The number of rotatable bonds is 2. The second-order valence-corrected chi connectivity index (χ2v) is 5.06. The third-order valence-corrected chi connectivity index (χ3v) is 2.46. The predicted octanol–water partition coefficient (Wildman–Crippen LogP) is 1.58. The van der Waals surface area contributed by atoms with Crippen molar-refractivity contribution in [1.82, 2.24) is 5.32 Å². The number of ether oxygens (including phenoxy) is 1. The van der Waals surface area contributed by atoms with Crippen molar-refractivity contribution in [2.75, 3.05) is 19.7 Å². The van der Waals surface area contributed by atoms with Crippen molar-refractivity contribution < 1.29 is 9.53 Å². The molecule has 14 heavy (non-hydrogen) atoms. The molecule has 0 bridgehead atoms. The first-order chi connectivity index (χ1) is 6.50. The van der Waals surface area contributed by atoms with Gasteiger partial charge in [0.15, 0.2) is 0 Å². The van der Waals surface area contributed by atoms with Gasteiger partial charge in [-0.05, 0) is 40.2 Å². The summed E-state index contributed by atoms with van der Waals surface area (Å²) in [5.41, 5.74) is -0.373. The smallest absolute Gasteiger partial charge is 0.311 e. The highest BCUT2D eigenvalue weighted by Crippen LogP contribution is 2.17. The van der Waals surface area contributed by atoms with E-state index in [4.69, 9.17) is 4.74 Å². The van der Waals surface area contributed by atoms with E-state index in [-0.39, 0.29) is 11.4 Å². The molecule has 3 heteroatoms. The van der Waals surface area contributed by atoms with Gasteiger partial charge in [-0.25, -0.2) is 0 Å². The fourth-order valence-electron chi connectivity index (χ4n) is 1.48. The van der Waals surface area contributed by atoms with E-state index in [1.807, 2.05) is 20.8 Å². The number of esters is 1. The molecule has 82 valence electrons. The minimum atomic E-state index is -0.373. The van der Waals surface area contributed by atoms with E-state index in [2.05, 4.69) is 5.32 Å². The molecule has 1 heterocycles. The topological polar surface area (TPSA) is 38.3 Å². The van der Waals surface area contributed by atoms with Gasteiger partial charge in [-0.1, -0.05) is 0 Å². The van der Waals surface area contributed by atoms with E-state index in [1.54, 1.807) is 0 Å². The first-order valence-electron chi connectivity index (χ1n) is 5.38. The van der Waals surface area contributed by atoms with Crippen LogP contribution < -0.4 is 5.32 Å². The first kappa shape index (κ1) is 11.5. The Kier molecular flexibility index (Phi) is 3.93. The Morgan fingerprint density at radius 3 is 2.71 bits per heavy atom. The number of carbonyl (C=O) groups excluding carboxylic acids is 1. The molecule has 0 aromatic heterocycles. The van der Waals surface area contributed by atoms with E-state index in [1.165, 1.54) is 12.8 Å². The van der Waals surface area contributed by atoms with E-state index in [0.717, 1.165) is 13.1 Å². The van der Waals surface area contributed by atoms with Crippen LogP contribution in [0.2, 0.25) is 0 Å². The lowest BCUT2D eigenvalue weighted by atomic mass is 9.97. The van der Waals surface area contributed by atoms with Gasteiger partial charge in [0, 0.05) is 12.5 Å². The summed E-state index contributed by atoms with van der Waals surface area (Å²) in [4.78, 5) is 11.5. The lowest BCUT2D eigenvalue weighted by Gasteiger charge is -2.24. The summed E-state index contributed by atoms with van der Waals surface area (Å²) in [5, 5.41) is 3.31. The van der Waals surface area contributed by atoms with Gasteiger partial charge < -0.3 is 10.1 Å². The van der Waals surface area contributed by atoms with Gasteiger partial charge in [-0.3, -0.25) is 4.79 Å². The van der Waals surface area contributed by atoms with Crippen molar-refractivity contribution in [3.05, 3.63) is 0 Å². The zero-order valence-electron chi connectivity index (χ0n) is 9.43. The lowest BCUT2D eigenvalue weighted by molar-refractivity contribution is -0.154. The SMILES string of the molecule is CC(C)(C)C(=O)OCC1CCCNC1. The summed E-state index contributed by atoms with van der Waals surface area (Å²) < 4.78 is 5.27. The van der Waals surface area contributed by atoms with E-state index in [9.17, 15) is 4.79 Å². The Morgan fingerprint density at radius 2 is 2.21 bits per heavy atom. The molecule has 0 spiro atoms. The van der Waals surface area contributed by atoms with Crippen LogP contribution in [-0.2, 0) is 9.53 Å². The molecule has 0 aromatic carbocycles. The lowest BCUT2D eigenvalue weighted by Crippen LogP contribution is -2.34. The molecule has 0 amide bonds. The number of piperidine rings is 1. The van der Waals surface area contributed by atoms with Crippen LogP contribution in [0.15, 0.2) is 0 Å². The van der Waals surface area contributed by atoms with Crippen molar-refractivity contribution in [1.29, 1.82) is 0 Å². The average Bonchev–Trinajstić information content (AvgIpc) is 2.14. The van der Waals surface area contributed by atoms with Gasteiger partial charge in [0.2, 0.25) is 0 Å². The quantitative estimate of drug-likeness (QED) is 0.686. The molecule has 0 saturated carbocycles. The second kappa shape index (κ2) is 4.78. The normalized spacial score (nSPS) is 23.2. The molecular formula is C11H21NO2. The van der Waals surface area contributed by atoms with E-state index >= 15 is 0 Å². The van der Waals surface area contributed by atoms with Gasteiger partial charge in [0.25, 0.3) is 0 Å². The molecule has 0 aromatic rings. The van der Waals surface area contributed by atoms with Crippen molar-refractivity contribution in [2.24, 2.45) is 11.3 Å². The fourth-order valence-corrected chi connectivity index (χ4v) is 1.48. The summed E-state index contributed by atoms with van der Waals surface area (Å²) in [6, 6.07) is 0. The summed E-state index contributed by atoms with van der Waals surface area (Å²) in [6.45, 7) is 8.31. The van der Waals surface area contributed by atoms with Crippen LogP contribution in [0.4, 0.5) is 0 Å². The van der Waals surface area contributed by atoms with Crippen LogP contribution in [0.25, 0.3) is 0 Å². The number of nitrogens with one attached hydrogen (secondary N) is 1. The van der Waals surface area contributed by atoms with Gasteiger partial charge in [0.1, 0.15) is 0 Å². The van der Waals surface area contributed by atoms with Crippen LogP contribution in [0.3, 0.4) is 0 Å². The number of hydrogen-bond donors (Lipinski definition) is 1. The highest BCUT2D eigenvalue weighted by atomic mass is 16.5. The molecular weight excluding hydrogens is 178 g/mol. The average molecular weight is 199 g/mol. The summed E-state index contributed by atoms with van der Waals surface area (Å²) in [7, 11) is 0. The molecule has 1 rings (SSSR count). The Hall–Kier alpha value is -0.570. The maximum Gasteiger partial charge on any atom is 0.311 e. The van der Waals surface area contributed by atoms with Gasteiger partial charge >= 0.3 is 5.97 Å². The predicted molar refractivity (Wildman–Crippen MR) is 56.0 cm³/mol. The first-order valence-corrected chi connectivity index (χ1v) is 5.38. The minimum Gasteiger partial charge on any atom is -0.465 e. The summed E-state index contributed by atoms with van der Waals surface area (Å²) >= 11 is 0. The third kappa shape index (κ3) is 3.66. The second-order valence-electron chi connectivity index (χ2n) is 5.06. The van der Waals surface area contributed by atoms with E-state index < -0.39 is 0 Å². The van der Waals surface area contributed by atoms with Crippen LogP contribution in [0.1, 0.15) is 33.6 Å². The van der Waals surface area contributed by atoms with Crippen LogP contribution in [0.5, 0.6) is 0 Å². The van der Waals surface area contributed by atoms with Gasteiger partial charge in [0.05, 0.1) is 12.0 Å². The van der Waals surface area contributed by atoms with E-state index in [0.29, 0.717) is 12.5 Å².